The summed E-state index contributed by atoms with van der Waals surface area (Å²) in [6.45, 7) is 8.23. The maximum absolute atomic E-state index is 11.9. The molecule has 6 heteroatoms. The van der Waals surface area contributed by atoms with E-state index in [0.29, 0.717) is 13.0 Å². The molecule has 1 aliphatic heterocycles. The standard InChI is InChI=1S/C13H21NO4Si/c1-10(15)18-11-9-12(16)14(13(11)17)7-5-6-8-19(2,3)4/h6,8,11H,5,7,9H2,1-4H3/b8-6-. The second-order valence-electron chi connectivity index (χ2n) is 5.74. The van der Waals surface area contributed by atoms with Gasteiger partial charge in [0, 0.05) is 13.5 Å². The van der Waals surface area contributed by atoms with Gasteiger partial charge in [0.05, 0.1) is 14.5 Å². The minimum Gasteiger partial charge on any atom is -0.452 e. The number of imide groups is 1. The van der Waals surface area contributed by atoms with Crippen LogP contribution in [-0.2, 0) is 19.1 Å². The Labute approximate surface area is 114 Å². The Morgan fingerprint density at radius 3 is 2.58 bits per heavy atom. The number of hydrogen-bond acceptors (Lipinski definition) is 4. The van der Waals surface area contributed by atoms with E-state index in [0.717, 1.165) is 0 Å². The van der Waals surface area contributed by atoms with Crippen molar-refractivity contribution >= 4 is 25.9 Å². The third-order valence-corrected chi connectivity index (χ3v) is 3.88. The molecule has 5 nitrogen and oxygen atoms in total. The zero-order chi connectivity index (χ0) is 14.6. The second kappa shape index (κ2) is 6.14. The number of carbonyl (C=O) groups excluding carboxylic acids is 3. The summed E-state index contributed by atoms with van der Waals surface area (Å²) < 4.78 is 4.82. The fourth-order valence-corrected chi connectivity index (χ4v) is 2.69. The van der Waals surface area contributed by atoms with Gasteiger partial charge in [-0.2, -0.15) is 0 Å². The minimum atomic E-state index is -1.24. The predicted octanol–water partition coefficient (Wildman–Crippen LogP) is 1.50. The molecule has 1 unspecified atom stereocenters. The van der Waals surface area contributed by atoms with Gasteiger partial charge in [0.25, 0.3) is 5.91 Å². The first-order chi connectivity index (χ1) is 8.70. The van der Waals surface area contributed by atoms with E-state index in [9.17, 15) is 14.4 Å². The SMILES string of the molecule is CC(=O)OC1CC(=O)N(CC/C=C\[Si](C)(C)C)C1=O. The molecule has 0 aromatic rings. The van der Waals surface area contributed by atoms with Crippen molar-refractivity contribution in [2.24, 2.45) is 0 Å². The third kappa shape index (κ3) is 4.98. The van der Waals surface area contributed by atoms with Crippen LogP contribution in [0, 0.1) is 0 Å². The highest BCUT2D eigenvalue weighted by Gasteiger charge is 2.40. The van der Waals surface area contributed by atoms with E-state index in [-0.39, 0.29) is 12.3 Å². The Morgan fingerprint density at radius 2 is 2.05 bits per heavy atom. The second-order valence-corrected chi connectivity index (χ2v) is 10.8. The van der Waals surface area contributed by atoms with Crippen molar-refractivity contribution < 1.29 is 19.1 Å². The van der Waals surface area contributed by atoms with Crippen molar-refractivity contribution in [3.63, 3.8) is 0 Å². The average Bonchev–Trinajstić information content (AvgIpc) is 2.48. The first kappa shape index (κ1) is 15.6. The zero-order valence-electron chi connectivity index (χ0n) is 11.9. The van der Waals surface area contributed by atoms with Crippen molar-refractivity contribution in [2.75, 3.05) is 6.54 Å². The molecule has 1 heterocycles. The third-order valence-electron chi connectivity index (χ3n) is 2.65. The number of hydrogen-bond donors (Lipinski definition) is 0. The van der Waals surface area contributed by atoms with Crippen molar-refractivity contribution in [3.8, 4) is 0 Å². The van der Waals surface area contributed by atoms with Crippen LogP contribution >= 0.6 is 0 Å². The van der Waals surface area contributed by atoms with Gasteiger partial charge < -0.3 is 4.74 Å². The molecule has 106 valence electrons. The smallest absolute Gasteiger partial charge is 0.303 e. The Bertz CT molecular complexity index is 411. The van der Waals surface area contributed by atoms with Crippen LogP contribution in [0.3, 0.4) is 0 Å². The monoisotopic (exact) mass is 283 g/mol. The molecule has 19 heavy (non-hydrogen) atoms. The lowest BCUT2D eigenvalue weighted by atomic mass is 10.3. The number of amides is 2. The van der Waals surface area contributed by atoms with Gasteiger partial charge in [-0.15, -0.1) is 0 Å². The molecule has 1 atom stereocenters. The molecular weight excluding hydrogens is 262 g/mol. The predicted molar refractivity (Wildman–Crippen MR) is 74.0 cm³/mol. The largest absolute Gasteiger partial charge is 0.452 e. The summed E-state index contributed by atoms with van der Waals surface area (Å²) in [5.74, 6) is -1.20. The van der Waals surface area contributed by atoms with Gasteiger partial charge in [-0.25, -0.2) is 0 Å². The lowest BCUT2D eigenvalue weighted by Crippen LogP contribution is -2.34. The van der Waals surface area contributed by atoms with Crippen LogP contribution in [-0.4, -0.2) is 43.4 Å². The fraction of sp³-hybridized carbons (Fsp3) is 0.615. The van der Waals surface area contributed by atoms with E-state index in [2.05, 4.69) is 25.3 Å². The van der Waals surface area contributed by atoms with Gasteiger partial charge in [0.2, 0.25) is 5.91 Å². The molecule has 0 saturated carbocycles. The summed E-state index contributed by atoms with van der Waals surface area (Å²) in [7, 11) is -1.24. The number of ether oxygens (including phenoxy) is 1. The number of esters is 1. The molecule has 0 N–H and O–H groups in total. The highest BCUT2D eigenvalue weighted by Crippen LogP contribution is 2.17. The first-order valence-electron chi connectivity index (χ1n) is 6.40. The van der Waals surface area contributed by atoms with E-state index in [4.69, 9.17) is 4.74 Å². The van der Waals surface area contributed by atoms with Crippen LogP contribution in [0.15, 0.2) is 11.8 Å². The molecule has 0 spiro atoms. The molecule has 1 rings (SSSR count). The molecule has 0 aliphatic carbocycles. The molecule has 1 fully saturated rings. The van der Waals surface area contributed by atoms with E-state index in [1.165, 1.54) is 11.8 Å². The topological polar surface area (TPSA) is 63.7 Å². The van der Waals surface area contributed by atoms with Crippen LogP contribution in [0.2, 0.25) is 19.6 Å². The summed E-state index contributed by atoms with van der Waals surface area (Å²) >= 11 is 0. The van der Waals surface area contributed by atoms with Crippen molar-refractivity contribution in [3.05, 3.63) is 11.8 Å². The molecular formula is C13H21NO4Si. The van der Waals surface area contributed by atoms with Gasteiger partial charge in [-0.1, -0.05) is 31.4 Å². The van der Waals surface area contributed by atoms with E-state index < -0.39 is 26.1 Å². The minimum absolute atomic E-state index is 0.0316. The maximum atomic E-state index is 11.9. The summed E-state index contributed by atoms with van der Waals surface area (Å²) in [4.78, 5) is 35.5. The number of likely N-dealkylation sites (tertiary alicyclic amines) is 1. The van der Waals surface area contributed by atoms with Crippen molar-refractivity contribution in [1.82, 2.24) is 4.90 Å². The Balaban J connectivity index is 2.51. The van der Waals surface area contributed by atoms with Crippen LogP contribution in [0.1, 0.15) is 19.8 Å². The number of rotatable bonds is 5. The maximum Gasteiger partial charge on any atom is 0.303 e. The summed E-state index contributed by atoms with van der Waals surface area (Å²) in [5, 5.41) is 0. The summed E-state index contributed by atoms with van der Waals surface area (Å²) in [6.07, 6.45) is 1.71. The van der Waals surface area contributed by atoms with Crippen LogP contribution in [0.5, 0.6) is 0 Å². The highest BCUT2D eigenvalue weighted by atomic mass is 28.3. The Kier molecular flexibility index (Phi) is 5.05. The van der Waals surface area contributed by atoms with Crippen molar-refractivity contribution in [1.29, 1.82) is 0 Å². The molecule has 1 saturated heterocycles. The fourth-order valence-electron chi connectivity index (χ4n) is 1.82. The van der Waals surface area contributed by atoms with E-state index in [1.54, 1.807) is 0 Å². The van der Waals surface area contributed by atoms with Gasteiger partial charge in [-0.05, 0) is 6.42 Å². The Morgan fingerprint density at radius 1 is 1.42 bits per heavy atom. The zero-order valence-corrected chi connectivity index (χ0v) is 12.9. The number of nitrogens with zero attached hydrogens (tertiary/aromatic N) is 1. The van der Waals surface area contributed by atoms with Crippen LogP contribution in [0.4, 0.5) is 0 Å². The van der Waals surface area contributed by atoms with Crippen molar-refractivity contribution in [2.45, 2.75) is 45.5 Å². The highest BCUT2D eigenvalue weighted by molar-refractivity contribution is 6.80. The normalized spacial score (nSPS) is 20.4. The average molecular weight is 283 g/mol. The number of carbonyl (C=O) groups is 3. The summed E-state index contributed by atoms with van der Waals surface area (Å²) in [6, 6.07) is 0. The van der Waals surface area contributed by atoms with Crippen LogP contribution < -0.4 is 0 Å². The molecule has 0 bridgehead atoms. The summed E-state index contributed by atoms with van der Waals surface area (Å²) in [5.41, 5.74) is 2.18. The van der Waals surface area contributed by atoms with Gasteiger partial charge in [-0.3, -0.25) is 19.3 Å². The van der Waals surface area contributed by atoms with E-state index >= 15 is 0 Å². The van der Waals surface area contributed by atoms with E-state index in [1.807, 2.05) is 6.08 Å². The molecule has 0 aromatic heterocycles. The lowest BCUT2D eigenvalue weighted by molar-refractivity contribution is -0.154. The molecule has 0 radical (unpaired) electrons. The lowest BCUT2D eigenvalue weighted by Gasteiger charge is -2.14. The van der Waals surface area contributed by atoms with Gasteiger partial charge in [0.15, 0.2) is 6.10 Å². The van der Waals surface area contributed by atoms with Gasteiger partial charge >= 0.3 is 5.97 Å². The quantitative estimate of drug-likeness (QED) is 0.436. The molecule has 1 aliphatic rings. The van der Waals surface area contributed by atoms with Crippen LogP contribution in [0.25, 0.3) is 0 Å². The first-order valence-corrected chi connectivity index (χ1v) is 9.97. The molecule has 0 aromatic carbocycles. The van der Waals surface area contributed by atoms with Gasteiger partial charge in [0.1, 0.15) is 0 Å². The molecule has 2 amide bonds. The Hall–Kier alpha value is -1.43.